The molecule has 1 aliphatic heterocycles. The highest BCUT2D eigenvalue weighted by molar-refractivity contribution is 5.74. The molecule has 0 spiro atoms. The van der Waals surface area contributed by atoms with Gasteiger partial charge in [-0.15, -0.1) is 0 Å². The Kier molecular flexibility index (Phi) is 5.48. The number of rotatable bonds is 3. The molecule has 120 valence electrons. The van der Waals surface area contributed by atoms with Crippen LogP contribution in [0.3, 0.4) is 0 Å². The first-order valence-electron chi connectivity index (χ1n) is 8.21. The molecule has 0 radical (unpaired) electrons. The average Bonchev–Trinajstić information content (AvgIpc) is 2.47. The Balaban J connectivity index is 1.79. The smallest absolute Gasteiger partial charge is 0.319 e. The van der Waals surface area contributed by atoms with Gasteiger partial charge in [0.2, 0.25) is 0 Å². The number of piperidine rings is 1. The molecular weight excluding hydrogens is 268 g/mol. The predicted molar refractivity (Wildman–Crippen MR) is 81.1 cm³/mol. The molecule has 0 bridgehead atoms. The van der Waals surface area contributed by atoms with Gasteiger partial charge in [0.15, 0.2) is 0 Å². The van der Waals surface area contributed by atoms with Gasteiger partial charge in [0.1, 0.15) is 0 Å². The van der Waals surface area contributed by atoms with Crippen molar-refractivity contribution in [2.24, 2.45) is 11.8 Å². The number of amides is 2. The number of carboxylic acid groups (broad SMARTS) is 1. The van der Waals surface area contributed by atoms with Crippen LogP contribution in [0.5, 0.6) is 0 Å². The normalized spacial score (nSPS) is 27.4. The zero-order chi connectivity index (χ0) is 15.4. The number of nitrogens with zero attached hydrogens (tertiary/aromatic N) is 2. The van der Waals surface area contributed by atoms with Gasteiger partial charge in [-0.2, -0.15) is 0 Å². The van der Waals surface area contributed by atoms with Crippen LogP contribution in [0.4, 0.5) is 4.79 Å². The highest BCUT2D eigenvalue weighted by Gasteiger charge is 2.30. The number of carbonyl (C=O) groups is 2. The Labute approximate surface area is 127 Å². The quantitative estimate of drug-likeness (QED) is 0.871. The van der Waals surface area contributed by atoms with Crippen LogP contribution < -0.4 is 0 Å². The first-order valence-corrected chi connectivity index (χ1v) is 8.21. The summed E-state index contributed by atoms with van der Waals surface area (Å²) in [5, 5.41) is 8.83. The third-order valence-corrected chi connectivity index (χ3v) is 5.18. The second kappa shape index (κ2) is 7.14. The van der Waals surface area contributed by atoms with Gasteiger partial charge in [-0.1, -0.05) is 6.92 Å². The van der Waals surface area contributed by atoms with E-state index in [1.165, 1.54) is 12.8 Å². The molecule has 0 aromatic carbocycles. The molecule has 0 aromatic rings. The Morgan fingerprint density at radius 2 is 1.67 bits per heavy atom. The fourth-order valence-corrected chi connectivity index (χ4v) is 3.58. The van der Waals surface area contributed by atoms with Crippen molar-refractivity contribution < 1.29 is 14.7 Å². The third kappa shape index (κ3) is 4.35. The summed E-state index contributed by atoms with van der Waals surface area (Å²) in [6.07, 6.45) is 6.50. The highest BCUT2D eigenvalue weighted by atomic mass is 16.4. The van der Waals surface area contributed by atoms with Crippen molar-refractivity contribution in [2.75, 3.05) is 20.1 Å². The summed E-state index contributed by atoms with van der Waals surface area (Å²) in [5.74, 6) is 0.289. The van der Waals surface area contributed by atoms with E-state index < -0.39 is 5.97 Å². The van der Waals surface area contributed by atoms with E-state index in [-0.39, 0.29) is 18.4 Å². The van der Waals surface area contributed by atoms with E-state index in [1.807, 2.05) is 16.8 Å². The average molecular weight is 296 g/mol. The third-order valence-electron chi connectivity index (χ3n) is 5.18. The number of aliphatic carboxylic acids is 1. The fraction of sp³-hybridized carbons (Fsp3) is 0.875. The van der Waals surface area contributed by atoms with Gasteiger partial charge >= 0.3 is 12.0 Å². The Bertz CT molecular complexity index is 370. The van der Waals surface area contributed by atoms with Gasteiger partial charge in [0, 0.05) is 32.6 Å². The molecule has 2 amide bonds. The highest BCUT2D eigenvalue weighted by Crippen LogP contribution is 2.28. The van der Waals surface area contributed by atoms with Crippen molar-refractivity contribution in [3.8, 4) is 0 Å². The maximum atomic E-state index is 12.5. The van der Waals surface area contributed by atoms with Crippen molar-refractivity contribution in [1.82, 2.24) is 9.80 Å². The summed E-state index contributed by atoms with van der Waals surface area (Å²) in [6, 6.07) is 0.508. The summed E-state index contributed by atoms with van der Waals surface area (Å²) in [7, 11) is 1.92. The number of hydrogen-bond acceptors (Lipinski definition) is 2. The molecule has 2 rings (SSSR count). The van der Waals surface area contributed by atoms with Crippen LogP contribution in [0.2, 0.25) is 0 Å². The maximum absolute atomic E-state index is 12.5. The Morgan fingerprint density at radius 1 is 1.10 bits per heavy atom. The summed E-state index contributed by atoms with van der Waals surface area (Å²) >= 11 is 0. The summed E-state index contributed by atoms with van der Waals surface area (Å²) in [5.41, 5.74) is 0. The molecule has 0 unspecified atom stereocenters. The van der Waals surface area contributed by atoms with Gasteiger partial charge in [0.25, 0.3) is 0 Å². The molecule has 21 heavy (non-hydrogen) atoms. The molecule has 1 N–H and O–H groups in total. The summed E-state index contributed by atoms with van der Waals surface area (Å²) in [4.78, 5) is 27.1. The Morgan fingerprint density at radius 3 is 2.19 bits per heavy atom. The van der Waals surface area contributed by atoms with Crippen LogP contribution in [0, 0.1) is 11.8 Å². The SMILES string of the molecule is CC1CCC(N(C)C(=O)N2CCC(CC(=O)O)CC2)CC1. The van der Waals surface area contributed by atoms with Gasteiger partial charge in [-0.25, -0.2) is 4.79 Å². The van der Waals surface area contributed by atoms with Crippen molar-refractivity contribution >= 4 is 12.0 Å². The molecule has 0 aromatic heterocycles. The van der Waals surface area contributed by atoms with Gasteiger partial charge in [0.05, 0.1) is 0 Å². The lowest BCUT2D eigenvalue weighted by molar-refractivity contribution is -0.138. The van der Waals surface area contributed by atoms with Gasteiger partial charge < -0.3 is 14.9 Å². The molecule has 5 heteroatoms. The van der Waals surface area contributed by atoms with E-state index >= 15 is 0 Å². The number of likely N-dealkylation sites (tertiary alicyclic amines) is 1. The van der Waals surface area contributed by atoms with Gasteiger partial charge in [-0.3, -0.25) is 4.79 Å². The van der Waals surface area contributed by atoms with E-state index in [0.29, 0.717) is 19.1 Å². The lowest BCUT2D eigenvalue weighted by atomic mass is 9.87. The van der Waals surface area contributed by atoms with E-state index in [2.05, 4.69) is 6.92 Å². The first-order chi connectivity index (χ1) is 9.97. The van der Waals surface area contributed by atoms with Crippen molar-refractivity contribution in [3.05, 3.63) is 0 Å². The van der Waals surface area contributed by atoms with Crippen molar-refractivity contribution in [1.29, 1.82) is 0 Å². The van der Waals surface area contributed by atoms with Crippen LogP contribution in [-0.4, -0.2) is 53.1 Å². The van der Waals surface area contributed by atoms with Crippen LogP contribution in [0.15, 0.2) is 0 Å². The zero-order valence-corrected chi connectivity index (χ0v) is 13.3. The molecule has 1 aliphatic carbocycles. The molecule has 0 atom stereocenters. The Hall–Kier alpha value is -1.26. The first kappa shape index (κ1) is 16.1. The van der Waals surface area contributed by atoms with E-state index in [1.54, 1.807) is 0 Å². The summed E-state index contributed by atoms with van der Waals surface area (Å²) in [6.45, 7) is 3.68. The minimum absolute atomic E-state index is 0.128. The second-order valence-electron chi connectivity index (χ2n) is 6.84. The van der Waals surface area contributed by atoms with Crippen LogP contribution >= 0.6 is 0 Å². The molecule has 2 aliphatic rings. The molecule has 1 saturated carbocycles. The molecule has 1 heterocycles. The number of carbonyl (C=O) groups excluding carboxylic acids is 1. The van der Waals surface area contributed by atoms with E-state index in [4.69, 9.17) is 5.11 Å². The number of urea groups is 1. The monoisotopic (exact) mass is 296 g/mol. The number of hydrogen-bond donors (Lipinski definition) is 1. The molecule has 1 saturated heterocycles. The fourth-order valence-electron chi connectivity index (χ4n) is 3.58. The standard InChI is InChI=1S/C16H28N2O3/c1-12-3-5-14(6-4-12)17(2)16(21)18-9-7-13(8-10-18)11-15(19)20/h12-14H,3-11H2,1-2H3,(H,19,20). The molecular formula is C16H28N2O3. The van der Waals surface area contributed by atoms with E-state index in [9.17, 15) is 9.59 Å². The van der Waals surface area contributed by atoms with Crippen LogP contribution in [0.1, 0.15) is 51.9 Å². The van der Waals surface area contributed by atoms with Crippen molar-refractivity contribution in [2.45, 2.75) is 57.9 Å². The number of carboxylic acids is 1. The van der Waals surface area contributed by atoms with Crippen molar-refractivity contribution in [3.63, 3.8) is 0 Å². The topological polar surface area (TPSA) is 60.9 Å². The minimum atomic E-state index is -0.728. The second-order valence-corrected chi connectivity index (χ2v) is 6.84. The largest absolute Gasteiger partial charge is 0.481 e. The summed E-state index contributed by atoms with van der Waals surface area (Å²) < 4.78 is 0. The molecule has 2 fully saturated rings. The minimum Gasteiger partial charge on any atom is -0.481 e. The van der Waals surface area contributed by atoms with Crippen LogP contribution in [0.25, 0.3) is 0 Å². The molecule has 5 nitrogen and oxygen atoms in total. The van der Waals surface area contributed by atoms with E-state index in [0.717, 1.165) is 31.6 Å². The lowest BCUT2D eigenvalue weighted by Gasteiger charge is -2.39. The maximum Gasteiger partial charge on any atom is 0.319 e. The van der Waals surface area contributed by atoms with Crippen LogP contribution in [-0.2, 0) is 4.79 Å². The lowest BCUT2D eigenvalue weighted by Crippen LogP contribution is -2.49. The zero-order valence-electron chi connectivity index (χ0n) is 13.3. The van der Waals surface area contributed by atoms with Gasteiger partial charge in [-0.05, 0) is 50.4 Å². The predicted octanol–water partition coefficient (Wildman–Crippen LogP) is 2.80.